The maximum Gasteiger partial charge on any atom is 0.273 e. The Labute approximate surface area is 73.9 Å². The Morgan fingerprint density at radius 3 is 3.08 bits per heavy atom. The molecular formula is C7H8N2O2S. The maximum absolute atomic E-state index is 9.93. The average molecular weight is 184 g/mol. The number of hydrogen-bond donors (Lipinski definition) is 0. The molecule has 4 nitrogen and oxygen atoms in total. The van der Waals surface area contributed by atoms with Crippen LogP contribution >= 0.6 is 11.3 Å². The van der Waals surface area contributed by atoms with Gasteiger partial charge in [0.1, 0.15) is 0 Å². The molecule has 1 aromatic heterocycles. The molecule has 1 atom stereocenters. The Bertz CT molecular complexity index is 304. The highest BCUT2D eigenvalue weighted by atomic mass is 32.1. The lowest BCUT2D eigenvalue weighted by atomic mass is 10.3. The molecule has 0 aliphatic rings. The number of aliphatic imine (C=N–C) groups is 1. The molecule has 0 aromatic carbocycles. The van der Waals surface area contributed by atoms with Gasteiger partial charge in [0.15, 0.2) is 0 Å². The second kappa shape index (κ2) is 3.99. The Morgan fingerprint density at radius 1 is 1.83 bits per heavy atom. The van der Waals surface area contributed by atoms with Crippen molar-refractivity contribution in [3.63, 3.8) is 0 Å². The SMILES string of the molecule is COc1ncc(C(C)N=C=O)s1. The third-order valence-electron chi connectivity index (χ3n) is 1.34. The Kier molecular flexibility index (Phi) is 2.96. The van der Waals surface area contributed by atoms with Crippen LogP contribution in [0.2, 0.25) is 0 Å². The van der Waals surface area contributed by atoms with Crippen molar-refractivity contribution >= 4 is 17.4 Å². The van der Waals surface area contributed by atoms with Crippen molar-refractivity contribution in [2.24, 2.45) is 4.99 Å². The van der Waals surface area contributed by atoms with Crippen molar-refractivity contribution in [3.8, 4) is 5.19 Å². The summed E-state index contributed by atoms with van der Waals surface area (Å²) in [7, 11) is 1.55. The molecule has 0 fully saturated rings. The van der Waals surface area contributed by atoms with Gasteiger partial charge in [0.05, 0.1) is 18.0 Å². The fourth-order valence-corrected chi connectivity index (χ4v) is 1.42. The summed E-state index contributed by atoms with van der Waals surface area (Å²) in [5.74, 6) is 0. The van der Waals surface area contributed by atoms with E-state index in [9.17, 15) is 4.79 Å². The van der Waals surface area contributed by atoms with Gasteiger partial charge in [-0.25, -0.2) is 9.78 Å². The number of carbonyl (C=O) groups excluding carboxylic acids is 1. The van der Waals surface area contributed by atoms with Gasteiger partial charge in [-0.15, -0.1) is 0 Å². The van der Waals surface area contributed by atoms with Gasteiger partial charge in [-0.3, -0.25) is 0 Å². The van der Waals surface area contributed by atoms with Crippen LogP contribution in [0.25, 0.3) is 0 Å². The largest absolute Gasteiger partial charge is 0.473 e. The second-order valence-corrected chi connectivity index (χ2v) is 3.15. The van der Waals surface area contributed by atoms with Crippen molar-refractivity contribution in [1.82, 2.24) is 4.98 Å². The molecule has 0 saturated heterocycles. The minimum absolute atomic E-state index is 0.177. The summed E-state index contributed by atoms with van der Waals surface area (Å²) >= 11 is 1.37. The number of rotatable bonds is 3. The molecule has 0 spiro atoms. The molecule has 0 bridgehead atoms. The first-order valence-electron chi connectivity index (χ1n) is 3.34. The predicted molar refractivity (Wildman–Crippen MR) is 45.2 cm³/mol. The van der Waals surface area contributed by atoms with Crippen LogP contribution in [0.4, 0.5) is 0 Å². The number of aromatic nitrogens is 1. The van der Waals surface area contributed by atoms with E-state index in [-0.39, 0.29) is 6.04 Å². The topological polar surface area (TPSA) is 51.6 Å². The van der Waals surface area contributed by atoms with Crippen molar-refractivity contribution in [2.75, 3.05) is 7.11 Å². The summed E-state index contributed by atoms with van der Waals surface area (Å²) in [5, 5.41) is 0.581. The smallest absolute Gasteiger partial charge is 0.273 e. The summed E-state index contributed by atoms with van der Waals surface area (Å²) < 4.78 is 4.89. The van der Waals surface area contributed by atoms with Crippen LogP contribution in [0, 0.1) is 0 Å². The fraction of sp³-hybridized carbons (Fsp3) is 0.429. The summed E-state index contributed by atoms with van der Waals surface area (Å²) in [6.07, 6.45) is 3.15. The summed E-state index contributed by atoms with van der Waals surface area (Å²) in [6, 6.07) is -0.177. The Hall–Kier alpha value is -1.19. The summed E-state index contributed by atoms with van der Waals surface area (Å²) in [6.45, 7) is 1.80. The summed E-state index contributed by atoms with van der Waals surface area (Å²) in [5.41, 5.74) is 0. The number of methoxy groups -OCH3 is 1. The van der Waals surface area contributed by atoms with E-state index < -0.39 is 0 Å². The first kappa shape index (κ1) is 8.90. The van der Waals surface area contributed by atoms with Crippen molar-refractivity contribution in [3.05, 3.63) is 11.1 Å². The van der Waals surface area contributed by atoms with E-state index >= 15 is 0 Å². The molecule has 0 aliphatic carbocycles. The van der Waals surface area contributed by atoms with Crippen molar-refractivity contribution in [2.45, 2.75) is 13.0 Å². The van der Waals surface area contributed by atoms with Crippen LogP contribution in [0.1, 0.15) is 17.8 Å². The number of ether oxygens (including phenoxy) is 1. The van der Waals surface area contributed by atoms with Crippen molar-refractivity contribution < 1.29 is 9.53 Å². The molecule has 0 N–H and O–H groups in total. The second-order valence-electron chi connectivity index (χ2n) is 2.13. The quantitative estimate of drug-likeness (QED) is 0.529. The standard InChI is InChI=1S/C7H8N2O2S/c1-5(9-4-10)6-3-8-7(11-2)12-6/h3,5H,1-2H3. The lowest BCUT2D eigenvalue weighted by Gasteiger charge is -1.95. The minimum Gasteiger partial charge on any atom is -0.473 e. The zero-order chi connectivity index (χ0) is 8.97. The zero-order valence-corrected chi connectivity index (χ0v) is 7.59. The van der Waals surface area contributed by atoms with Gasteiger partial charge >= 0.3 is 0 Å². The highest BCUT2D eigenvalue weighted by Crippen LogP contribution is 2.27. The van der Waals surface area contributed by atoms with E-state index in [4.69, 9.17) is 4.74 Å². The van der Waals surface area contributed by atoms with E-state index in [2.05, 4.69) is 9.98 Å². The van der Waals surface area contributed by atoms with Crippen LogP contribution in [-0.4, -0.2) is 18.2 Å². The molecule has 1 unspecified atom stereocenters. The molecule has 5 heteroatoms. The van der Waals surface area contributed by atoms with E-state index in [1.165, 1.54) is 17.4 Å². The molecule has 0 amide bonds. The predicted octanol–water partition coefficient (Wildman–Crippen LogP) is 1.55. The lowest BCUT2D eigenvalue weighted by molar-refractivity contribution is 0.412. The molecule has 0 aliphatic heterocycles. The monoisotopic (exact) mass is 184 g/mol. The molecule has 1 rings (SSSR count). The molecular weight excluding hydrogens is 176 g/mol. The molecule has 0 radical (unpaired) electrons. The zero-order valence-electron chi connectivity index (χ0n) is 6.77. The summed E-state index contributed by atoms with van der Waals surface area (Å²) in [4.78, 5) is 18.3. The van der Waals surface area contributed by atoms with Gasteiger partial charge in [-0.05, 0) is 6.92 Å². The average Bonchev–Trinajstić information content (AvgIpc) is 2.52. The molecule has 1 heterocycles. The van der Waals surface area contributed by atoms with Gasteiger partial charge in [-0.1, -0.05) is 11.3 Å². The normalized spacial score (nSPS) is 11.8. The van der Waals surface area contributed by atoms with Crippen molar-refractivity contribution in [1.29, 1.82) is 0 Å². The first-order valence-corrected chi connectivity index (χ1v) is 4.16. The first-order chi connectivity index (χ1) is 5.77. The Morgan fingerprint density at radius 2 is 2.58 bits per heavy atom. The third kappa shape index (κ3) is 1.90. The highest BCUT2D eigenvalue weighted by molar-refractivity contribution is 7.13. The number of hydrogen-bond acceptors (Lipinski definition) is 5. The van der Waals surface area contributed by atoms with Gasteiger partial charge in [0, 0.05) is 6.20 Å². The van der Waals surface area contributed by atoms with Gasteiger partial charge in [-0.2, -0.15) is 4.99 Å². The minimum atomic E-state index is -0.177. The van der Waals surface area contributed by atoms with Crippen LogP contribution in [0.5, 0.6) is 5.19 Å². The fourth-order valence-electron chi connectivity index (χ4n) is 0.700. The Balaban J connectivity index is 2.81. The highest BCUT2D eigenvalue weighted by Gasteiger charge is 2.08. The number of nitrogens with zero attached hydrogens (tertiary/aromatic N) is 2. The lowest BCUT2D eigenvalue weighted by Crippen LogP contribution is -1.82. The van der Waals surface area contributed by atoms with E-state index in [1.54, 1.807) is 20.2 Å². The van der Waals surface area contributed by atoms with Crippen LogP contribution in [0.15, 0.2) is 11.2 Å². The van der Waals surface area contributed by atoms with E-state index in [0.717, 1.165) is 4.88 Å². The van der Waals surface area contributed by atoms with Gasteiger partial charge < -0.3 is 4.74 Å². The number of thiazole rings is 1. The maximum atomic E-state index is 9.93. The van der Waals surface area contributed by atoms with Gasteiger partial charge in [0.25, 0.3) is 5.19 Å². The van der Waals surface area contributed by atoms with Crippen LogP contribution in [-0.2, 0) is 4.79 Å². The van der Waals surface area contributed by atoms with Crippen LogP contribution < -0.4 is 4.74 Å². The van der Waals surface area contributed by atoms with E-state index in [1.807, 2.05) is 0 Å². The molecule has 12 heavy (non-hydrogen) atoms. The van der Waals surface area contributed by atoms with Gasteiger partial charge in [0.2, 0.25) is 6.08 Å². The van der Waals surface area contributed by atoms with E-state index in [0.29, 0.717) is 5.19 Å². The molecule has 1 aromatic rings. The molecule has 0 saturated carbocycles. The third-order valence-corrected chi connectivity index (χ3v) is 2.46. The number of isocyanates is 1. The van der Waals surface area contributed by atoms with Crippen LogP contribution in [0.3, 0.4) is 0 Å². The molecule has 64 valence electrons.